The van der Waals surface area contributed by atoms with Crippen LogP contribution in [0.25, 0.3) is 0 Å². The van der Waals surface area contributed by atoms with E-state index in [4.69, 9.17) is 38.5 Å². The average Bonchev–Trinajstić information content (AvgIpc) is 1.12. The fourth-order valence-electron chi connectivity index (χ4n) is 0. The molecule has 0 aromatic heterocycles. The van der Waals surface area contributed by atoms with Gasteiger partial charge in [-0.3, -0.25) is 0 Å². The summed E-state index contributed by atoms with van der Waals surface area (Å²) in [7, 11) is -10.8. The van der Waals surface area contributed by atoms with E-state index in [-0.39, 0.29) is 24.7 Å². The van der Waals surface area contributed by atoms with Crippen molar-refractivity contribution in [3.63, 3.8) is 0 Å². The Morgan fingerprint density at radius 2 is 0.667 bits per heavy atom. The molecule has 0 unspecified atom stereocenters. The molecule has 72 valence electrons. The molecule has 0 atom stereocenters. The Kier molecular flexibility index (Phi) is 16.0. The second-order valence-corrected chi connectivity index (χ2v) is 2.68. The molecule has 0 aromatic rings. The molecular formula is H4NO8P2V. The second-order valence-electron chi connectivity index (χ2n) is 0.894. The molecule has 0 rings (SSSR count). The normalized spacial score (nSPS) is 9.83. The van der Waals surface area contributed by atoms with Crippen LogP contribution in [0.1, 0.15) is 0 Å². The zero-order valence-corrected chi connectivity index (χ0v) is 8.79. The van der Waals surface area contributed by atoms with Gasteiger partial charge in [0.05, 0.1) is 0 Å². The van der Waals surface area contributed by atoms with Gasteiger partial charge in [-0.25, -0.2) is 0 Å². The minimum absolute atomic E-state index is 0. The predicted molar refractivity (Wildman–Crippen MR) is 21.2 cm³/mol. The molecule has 0 fully saturated rings. The number of hydrogen-bond donors (Lipinski definition) is 1. The van der Waals surface area contributed by atoms with Gasteiger partial charge in [-0.2, -0.15) is 15.6 Å². The Bertz CT molecular complexity index is 129. The van der Waals surface area contributed by atoms with E-state index in [1.165, 1.54) is 0 Å². The summed E-state index contributed by atoms with van der Waals surface area (Å²) in [5.41, 5.74) is 0. The van der Waals surface area contributed by atoms with Gasteiger partial charge in [0.2, 0.25) is 0 Å². The maximum atomic E-state index is 8.55. The summed E-state index contributed by atoms with van der Waals surface area (Å²) >= 11 is 0. The molecule has 0 aliphatic heterocycles. The monoisotopic (exact) mass is 259 g/mol. The standard InChI is InChI=1S/H3N.2H3O4P.V/c;2*1-5(2,3)4;/h1H3;2*(H3,1,2,3,4);/q;;;+5/p-5. The molecule has 0 heterocycles. The van der Waals surface area contributed by atoms with E-state index in [1.54, 1.807) is 0 Å². The Morgan fingerprint density at radius 3 is 0.667 bits per heavy atom. The van der Waals surface area contributed by atoms with Crippen LogP contribution in [0.5, 0.6) is 0 Å². The first-order valence-electron chi connectivity index (χ1n) is 1.46. The van der Waals surface area contributed by atoms with E-state index in [0.29, 0.717) is 0 Å². The summed E-state index contributed by atoms with van der Waals surface area (Å²) in [6.45, 7) is 0. The zero-order chi connectivity index (χ0) is 9.00. The predicted octanol–water partition coefficient (Wildman–Crippen LogP) is -5.28. The molecule has 0 saturated heterocycles. The fourth-order valence-corrected chi connectivity index (χ4v) is 0. The third kappa shape index (κ3) is 1760. The molecule has 0 bridgehead atoms. The summed E-state index contributed by atoms with van der Waals surface area (Å²) in [4.78, 5) is 51.3. The molecule has 0 aliphatic rings. The van der Waals surface area contributed by atoms with Crippen molar-refractivity contribution in [1.29, 1.82) is 0 Å². The number of phosphoric acid groups is 2. The Balaban J connectivity index is -0.0000000457. The minimum atomic E-state index is -5.39. The first-order valence-corrected chi connectivity index (χ1v) is 4.38. The largest absolute Gasteiger partial charge is 5.00 e. The van der Waals surface area contributed by atoms with Crippen LogP contribution in [0.4, 0.5) is 0 Å². The van der Waals surface area contributed by atoms with Crippen LogP contribution in [-0.2, 0) is 27.7 Å². The molecular weight excluding hydrogens is 255 g/mol. The van der Waals surface area contributed by atoms with E-state index in [2.05, 4.69) is 0 Å². The van der Waals surface area contributed by atoms with Crippen LogP contribution in [-0.4, -0.2) is 0 Å². The van der Waals surface area contributed by atoms with E-state index < -0.39 is 15.6 Å². The molecule has 0 amide bonds. The third-order valence-corrected chi connectivity index (χ3v) is 0. The second kappa shape index (κ2) is 8.37. The summed E-state index contributed by atoms with van der Waals surface area (Å²) in [5, 5.41) is 0. The van der Waals surface area contributed by atoms with Crippen LogP contribution in [0, 0.1) is 0 Å². The molecule has 0 saturated carbocycles. The molecule has 0 aliphatic carbocycles. The number of hydrogen-bond acceptors (Lipinski definition) is 8. The summed E-state index contributed by atoms with van der Waals surface area (Å²) in [6.07, 6.45) is 0. The van der Waals surface area contributed by atoms with Crippen molar-refractivity contribution in [2.24, 2.45) is 0 Å². The molecule has 12 heavy (non-hydrogen) atoms. The van der Waals surface area contributed by atoms with Gasteiger partial charge in [-0.1, -0.05) is 0 Å². The van der Waals surface area contributed by atoms with Crippen molar-refractivity contribution in [3.05, 3.63) is 0 Å². The summed E-state index contributed by atoms with van der Waals surface area (Å²) < 4.78 is 17.1. The Hall–Kier alpha value is 0.764. The Labute approximate surface area is 79.4 Å². The van der Waals surface area contributed by atoms with Crippen molar-refractivity contribution in [2.75, 3.05) is 0 Å². The summed E-state index contributed by atoms with van der Waals surface area (Å²) in [5.74, 6) is 0. The first kappa shape index (κ1) is 23.0. The van der Waals surface area contributed by atoms with Crippen LogP contribution in [0.15, 0.2) is 0 Å². The number of rotatable bonds is 0. The smallest absolute Gasteiger partial charge is 0.822 e. The van der Waals surface area contributed by atoms with Crippen molar-refractivity contribution in [1.82, 2.24) is 6.15 Å². The van der Waals surface area contributed by atoms with Gasteiger partial charge in [0.1, 0.15) is 0 Å². The van der Waals surface area contributed by atoms with Crippen LogP contribution in [0.2, 0.25) is 0 Å². The van der Waals surface area contributed by atoms with E-state index >= 15 is 0 Å². The summed E-state index contributed by atoms with van der Waals surface area (Å²) in [6, 6.07) is 0. The zero-order valence-electron chi connectivity index (χ0n) is 5.61. The molecule has 0 radical (unpaired) electrons. The van der Waals surface area contributed by atoms with E-state index in [9.17, 15) is 0 Å². The quantitative estimate of drug-likeness (QED) is 0.414. The van der Waals surface area contributed by atoms with Crippen molar-refractivity contribution >= 4 is 15.6 Å². The Morgan fingerprint density at radius 1 is 0.667 bits per heavy atom. The topological polar surface area (TPSA) is 209 Å². The minimum Gasteiger partial charge on any atom is -0.822 e. The van der Waals surface area contributed by atoms with Gasteiger partial charge in [0.15, 0.2) is 0 Å². The van der Waals surface area contributed by atoms with Gasteiger partial charge in [-0.05, 0) is 0 Å². The van der Waals surface area contributed by atoms with Gasteiger partial charge in [0.25, 0.3) is 0 Å². The van der Waals surface area contributed by atoms with Crippen molar-refractivity contribution in [2.45, 2.75) is 0 Å². The van der Waals surface area contributed by atoms with E-state index in [0.717, 1.165) is 0 Å². The van der Waals surface area contributed by atoms with Gasteiger partial charge < -0.3 is 44.6 Å². The van der Waals surface area contributed by atoms with Crippen molar-refractivity contribution in [3.8, 4) is 0 Å². The molecule has 0 spiro atoms. The van der Waals surface area contributed by atoms with E-state index in [1.807, 2.05) is 0 Å². The maximum Gasteiger partial charge on any atom is 5.00 e. The van der Waals surface area contributed by atoms with Crippen molar-refractivity contribution < 1.29 is 57.0 Å². The van der Waals surface area contributed by atoms with Gasteiger partial charge in [-0.15, -0.1) is 0 Å². The van der Waals surface area contributed by atoms with Gasteiger partial charge in [0, 0.05) is 0 Å². The molecule has 9 nitrogen and oxygen atoms in total. The van der Waals surface area contributed by atoms with Crippen LogP contribution < -0.4 is 35.5 Å². The maximum absolute atomic E-state index is 8.55. The average molecular weight is 259 g/mol. The van der Waals surface area contributed by atoms with Gasteiger partial charge >= 0.3 is 18.6 Å². The molecule has 0 aromatic carbocycles. The fraction of sp³-hybridized carbons (Fsp3) is 0. The molecule has 12 heteroatoms. The van der Waals surface area contributed by atoms with Crippen LogP contribution in [0.3, 0.4) is 0 Å². The SMILES string of the molecule is O=P([O-])([O-])[O-].O=P([O-])([O-])[O-].[NH4+].[V+5]. The molecule has 4 N–H and O–H groups in total. The van der Waals surface area contributed by atoms with Crippen LogP contribution >= 0.6 is 15.6 Å². The number of quaternary nitrogens is 1. The third-order valence-electron chi connectivity index (χ3n) is 0. The first-order chi connectivity index (χ1) is 4.00.